The summed E-state index contributed by atoms with van der Waals surface area (Å²) in [5.41, 5.74) is 1.08. The lowest BCUT2D eigenvalue weighted by molar-refractivity contribution is 0.184. The quantitative estimate of drug-likeness (QED) is 0.572. The van der Waals surface area contributed by atoms with Gasteiger partial charge >= 0.3 is 6.03 Å². The van der Waals surface area contributed by atoms with Crippen LogP contribution < -0.4 is 10.9 Å². The fourth-order valence-corrected chi connectivity index (χ4v) is 3.51. The van der Waals surface area contributed by atoms with Crippen LogP contribution in [0.2, 0.25) is 5.02 Å². The molecular weight excluding hydrogens is 393 g/mol. The van der Waals surface area contributed by atoms with Gasteiger partial charge in [-0.1, -0.05) is 43.6 Å². The van der Waals surface area contributed by atoms with Crippen molar-refractivity contribution in [1.82, 2.24) is 9.88 Å². The Morgan fingerprint density at radius 3 is 2.52 bits per heavy atom. The maximum Gasteiger partial charge on any atom is 0.322 e. The number of aromatic nitrogens is 1. The van der Waals surface area contributed by atoms with Crippen molar-refractivity contribution >= 4 is 34.1 Å². The molecule has 0 saturated carbocycles. The lowest BCUT2D eigenvalue weighted by atomic mass is 10.0. The van der Waals surface area contributed by atoms with Crippen molar-refractivity contribution < 1.29 is 9.18 Å². The number of nitrogens with zero attached hydrogens (tertiary/aromatic N) is 1. The first kappa shape index (κ1) is 20.9. The first-order valence-electron chi connectivity index (χ1n) is 9.41. The van der Waals surface area contributed by atoms with Gasteiger partial charge in [0.1, 0.15) is 5.82 Å². The van der Waals surface area contributed by atoms with E-state index in [1.165, 1.54) is 18.2 Å². The van der Waals surface area contributed by atoms with Gasteiger partial charge in [0.25, 0.3) is 5.56 Å². The number of carbonyl (C=O) groups excluding carboxylic acids is 1. The fourth-order valence-electron chi connectivity index (χ4n) is 3.32. The van der Waals surface area contributed by atoms with Gasteiger partial charge in [-0.05, 0) is 48.1 Å². The summed E-state index contributed by atoms with van der Waals surface area (Å²) in [7, 11) is 0. The number of benzene rings is 2. The highest BCUT2D eigenvalue weighted by Crippen LogP contribution is 2.28. The highest BCUT2D eigenvalue weighted by Gasteiger charge is 2.24. The summed E-state index contributed by atoms with van der Waals surface area (Å²) in [5.74, 6) is -0.328. The third-order valence-corrected chi connectivity index (χ3v) is 5.04. The lowest BCUT2D eigenvalue weighted by Crippen LogP contribution is -2.39. The van der Waals surface area contributed by atoms with E-state index >= 15 is 0 Å². The normalized spacial score (nSPS) is 12.2. The number of halogens is 2. The molecule has 0 saturated heterocycles. The topological polar surface area (TPSA) is 65.2 Å². The second-order valence-corrected chi connectivity index (χ2v) is 7.81. The van der Waals surface area contributed by atoms with Gasteiger partial charge in [-0.15, -0.1) is 0 Å². The molecule has 0 unspecified atom stereocenters. The molecular formula is C22H23ClFN3O2. The van der Waals surface area contributed by atoms with Gasteiger partial charge in [0.2, 0.25) is 0 Å². The molecule has 152 valence electrons. The van der Waals surface area contributed by atoms with Crippen molar-refractivity contribution in [3.63, 3.8) is 0 Å². The molecule has 0 aliphatic heterocycles. The van der Waals surface area contributed by atoms with E-state index in [4.69, 9.17) is 11.6 Å². The monoisotopic (exact) mass is 415 g/mol. The number of rotatable bonds is 5. The zero-order valence-electron chi connectivity index (χ0n) is 16.5. The molecule has 1 atom stereocenters. The summed E-state index contributed by atoms with van der Waals surface area (Å²) in [4.78, 5) is 29.7. The molecule has 2 aromatic carbocycles. The number of nitrogens with one attached hydrogen (secondary N) is 2. The van der Waals surface area contributed by atoms with Crippen molar-refractivity contribution in [2.75, 3.05) is 11.9 Å². The van der Waals surface area contributed by atoms with Crippen LogP contribution >= 0.6 is 11.6 Å². The summed E-state index contributed by atoms with van der Waals surface area (Å²) in [6.45, 7) is 6.45. The molecule has 5 nitrogen and oxygen atoms in total. The van der Waals surface area contributed by atoms with Crippen LogP contribution in [0.15, 0.2) is 53.5 Å². The number of pyridine rings is 1. The second kappa shape index (κ2) is 8.66. The molecule has 0 aliphatic carbocycles. The van der Waals surface area contributed by atoms with Gasteiger partial charge in [-0.25, -0.2) is 9.18 Å². The Balaban J connectivity index is 1.96. The summed E-state index contributed by atoms with van der Waals surface area (Å²) >= 11 is 5.83. The van der Waals surface area contributed by atoms with Crippen molar-refractivity contribution in [2.45, 2.75) is 26.8 Å². The molecule has 0 spiro atoms. The van der Waals surface area contributed by atoms with Gasteiger partial charge in [0.15, 0.2) is 0 Å². The maximum atomic E-state index is 13.4. The summed E-state index contributed by atoms with van der Waals surface area (Å²) in [6, 6.07) is 10.7. The summed E-state index contributed by atoms with van der Waals surface area (Å²) in [5, 5.41) is 4.11. The molecule has 0 aliphatic rings. The highest BCUT2D eigenvalue weighted by molar-refractivity contribution is 6.31. The third-order valence-electron chi connectivity index (χ3n) is 4.75. The van der Waals surface area contributed by atoms with Gasteiger partial charge in [-0.2, -0.15) is 0 Å². The van der Waals surface area contributed by atoms with Crippen LogP contribution in [-0.2, 0) is 0 Å². The first-order chi connectivity index (χ1) is 13.8. The molecule has 1 heterocycles. The molecule has 7 heteroatoms. The molecule has 0 radical (unpaired) electrons. The van der Waals surface area contributed by atoms with Crippen LogP contribution in [0.4, 0.5) is 14.9 Å². The average molecular weight is 416 g/mol. The Labute approximate surface area is 173 Å². The van der Waals surface area contributed by atoms with Crippen molar-refractivity contribution in [2.24, 2.45) is 5.92 Å². The molecule has 2 amide bonds. The Kier molecular flexibility index (Phi) is 6.23. The number of H-pyrrole nitrogens is 1. The molecule has 0 fully saturated rings. The Hall–Kier alpha value is -2.86. The number of carbonyl (C=O) groups is 1. The SMILES string of the molecule is CC(C)CN(C(=O)Nc1ccc(F)c(Cl)c1)[C@H](C)c1c[nH]c(=O)c2ccccc12. The average Bonchev–Trinajstić information content (AvgIpc) is 2.69. The maximum absolute atomic E-state index is 13.4. The molecule has 29 heavy (non-hydrogen) atoms. The van der Waals surface area contributed by atoms with E-state index in [1.54, 1.807) is 17.2 Å². The van der Waals surface area contributed by atoms with E-state index in [0.29, 0.717) is 17.6 Å². The third kappa shape index (κ3) is 4.59. The number of fused-ring (bicyclic) bond motifs is 1. The number of hydrogen-bond acceptors (Lipinski definition) is 2. The van der Waals surface area contributed by atoms with Crippen LogP contribution in [0.1, 0.15) is 32.4 Å². The van der Waals surface area contributed by atoms with Crippen LogP contribution in [0.25, 0.3) is 10.8 Å². The van der Waals surface area contributed by atoms with Gasteiger partial charge < -0.3 is 15.2 Å². The zero-order chi connectivity index (χ0) is 21.1. The lowest BCUT2D eigenvalue weighted by Gasteiger charge is -2.31. The second-order valence-electron chi connectivity index (χ2n) is 7.40. The van der Waals surface area contributed by atoms with Gasteiger partial charge in [-0.3, -0.25) is 4.79 Å². The van der Waals surface area contributed by atoms with E-state index in [0.717, 1.165) is 10.9 Å². The number of urea groups is 1. The Morgan fingerprint density at radius 1 is 1.17 bits per heavy atom. The van der Waals surface area contributed by atoms with E-state index in [1.807, 2.05) is 39.0 Å². The number of anilines is 1. The summed E-state index contributed by atoms with van der Waals surface area (Å²) < 4.78 is 13.4. The standard InChI is InChI=1S/C22H23ClFN3O2/c1-13(2)12-27(22(29)26-15-8-9-20(24)19(23)10-15)14(3)18-11-25-21(28)17-7-5-4-6-16(17)18/h4-11,13-14H,12H2,1-3H3,(H,25,28)(H,26,29)/t14-/m1/s1. The van der Waals surface area contributed by atoms with Crippen molar-refractivity contribution in [1.29, 1.82) is 0 Å². The largest absolute Gasteiger partial charge is 0.328 e. The van der Waals surface area contributed by atoms with Crippen LogP contribution in [0.3, 0.4) is 0 Å². The predicted molar refractivity (Wildman–Crippen MR) is 115 cm³/mol. The first-order valence-corrected chi connectivity index (χ1v) is 9.78. The molecule has 0 bridgehead atoms. The fraction of sp³-hybridized carbons (Fsp3) is 0.273. The van der Waals surface area contributed by atoms with Gasteiger partial charge in [0.05, 0.1) is 11.1 Å². The minimum Gasteiger partial charge on any atom is -0.328 e. The number of aromatic amines is 1. The smallest absolute Gasteiger partial charge is 0.322 e. The van der Waals surface area contributed by atoms with Crippen LogP contribution in [0, 0.1) is 11.7 Å². The van der Waals surface area contributed by atoms with Crippen molar-refractivity contribution in [3.05, 3.63) is 75.4 Å². The van der Waals surface area contributed by atoms with E-state index in [-0.39, 0.29) is 28.6 Å². The van der Waals surface area contributed by atoms with Crippen LogP contribution in [-0.4, -0.2) is 22.5 Å². The molecule has 3 rings (SSSR count). The molecule has 3 aromatic rings. The number of amides is 2. The molecule has 1 aromatic heterocycles. The van der Waals surface area contributed by atoms with Crippen molar-refractivity contribution in [3.8, 4) is 0 Å². The Bertz CT molecular complexity index is 1100. The van der Waals surface area contributed by atoms with E-state index in [9.17, 15) is 14.0 Å². The van der Waals surface area contributed by atoms with Crippen LogP contribution in [0.5, 0.6) is 0 Å². The zero-order valence-corrected chi connectivity index (χ0v) is 17.3. The minimum atomic E-state index is -0.545. The Morgan fingerprint density at radius 2 is 1.86 bits per heavy atom. The summed E-state index contributed by atoms with van der Waals surface area (Å²) in [6.07, 6.45) is 1.66. The predicted octanol–water partition coefficient (Wildman–Crippen LogP) is 5.57. The molecule has 2 N–H and O–H groups in total. The van der Waals surface area contributed by atoms with E-state index < -0.39 is 5.82 Å². The minimum absolute atomic E-state index is 0.0575. The van der Waals surface area contributed by atoms with E-state index in [2.05, 4.69) is 10.3 Å². The number of hydrogen-bond donors (Lipinski definition) is 2. The van der Waals surface area contributed by atoms with Gasteiger partial charge in [0, 0.05) is 23.8 Å². The highest BCUT2D eigenvalue weighted by atomic mass is 35.5.